The van der Waals surface area contributed by atoms with Crippen molar-refractivity contribution in [3.63, 3.8) is 0 Å². The molecular weight excluding hydrogens is 212 g/mol. The monoisotopic (exact) mass is 231 g/mol. The molecular formula is C15H19S+. The van der Waals surface area contributed by atoms with Crippen LogP contribution in [0, 0.1) is 0 Å². The van der Waals surface area contributed by atoms with Crippen molar-refractivity contribution < 1.29 is 0 Å². The lowest BCUT2D eigenvalue weighted by atomic mass is 10.0. The average Bonchev–Trinajstić information content (AvgIpc) is 2.39. The molecule has 1 fully saturated rings. The van der Waals surface area contributed by atoms with Crippen LogP contribution in [0.5, 0.6) is 0 Å². The van der Waals surface area contributed by atoms with Crippen LogP contribution in [0.1, 0.15) is 37.7 Å². The van der Waals surface area contributed by atoms with E-state index in [1.54, 1.807) is 4.90 Å². The van der Waals surface area contributed by atoms with Crippen LogP contribution in [-0.2, 0) is 10.9 Å². The summed E-state index contributed by atoms with van der Waals surface area (Å²) in [6, 6.07) is 9.00. The molecule has 1 unspecified atom stereocenters. The van der Waals surface area contributed by atoms with Gasteiger partial charge in [-0.1, -0.05) is 18.6 Å². The Balaban J connectivity index is 1.88. The third-order valence-electron chi connectivity index (χ3n) is 3.73. The Hall–Kier alpha value is -0.690. The van der Waals surface area contributed by atoms with Gasteiger partial charge in [0.1, 0.15) is 11.0 Å². The normalized spacial score (nSPS) is 25.4. The van der Waals surface area contributed by atoms with Crippen molar-refractivity contribution in [3.8, 4) is 0 Å². The average molecular weight is 231 g/mol. The van der Waals surface area contributed by atoms with Gasteiger partial charge >= 0.3 is 0 Å². The standard InChI is InChI=1S/C15H19S/c1-2-9-14(10-3-1)16-12-6-8-13-7-4-5-11-15(13)16/h4-8,11,14H,1-3,9-10,12H2/q+1. The number of rotatable bonds is 1. The Kier molecular flexibility index (Phi) is 3.05. The van der Waals surface area contributed by atoms with Crippen LogP contribution in [0.4, 0.5) is 0 Å². The van der Waals surface area contributed by atoms with E-state index < -0.39 is 0 Å². The molecule has 0 aromatic heterocycles. The summed E-state index contributed by atoms with van der Waals surface area (Å²) in [5.74, 6) is 1.29. The number of benzene rings is 1. The Morgan fingerprint density at radius 1 is 1.00 bits per heavy atom. The first-order chi connectivity index (χ1) is 7.95. The molecule has 1 aromatic carbocycles. The largest absolute Gasteiger partial charge is 0.162 e. The molecule has 0 bridgehead atoms. The molecule has 0 saturated heterocycles. The van der Waals surface area contributed by atoms with E-state index in [1.165, 1.54) is 43.4 Å². The van der Waals surface area contributed by atoms with Crippen LogP contribution < -0.4 is 0 Å². The maximum atomic E-state index is 2.39. The first kappa shape index (κ1) is 10.5. The molecule has 1 aromatic rings. The zero-order valence-corrected chi connectivity index (χ0v) is 10.5. The van der Waals surface area contributed by atoms with E-state index in [-0.39, 0.29) is 0 Å². The lowest BCUT2D eigenvalue weighted by Crippen LogP contribution is -2.28. The molecule has 3 rings (SSSR count). The Morgan fingerprint density at radius 2 is 1.81 bits per heavy atom. The first-order valence-electron chi connectivity index (χ1n) is 6.40. The zero-order chi connectivity index (χ0) is 10.8. The molecule has 0 radical (unpaired) electrons. The van der Waals surface area contributed by atoms with E-state index in [2.05, 4.69) is 36.4 Å². The van der Waals surface area contributed by atoms with Gasteiger partial charge in [-0.05, 0) is 50.0 Å². The number of hydrogen-bond donors (Lipinski definition) is 0. The van der Waals surface area contributed by atoms with Crippen LogP contribution in [0.25, 0.3) is 6.08 Å². The summed E-state index contributed by atoms with van der Waals surface area (Å²) in [5, 5.41) is 0.972. The lowest BCUT2D eigenvalue weighted by Gasteiger charge is -2.24. The molecule has 16 heavy (non-hydrogen) atoms. The molecule has 1 aliphatic heterocycles. The van der Waals surface area contributed by atoms with Crippen LogP contribution in [0.2, 0.25) is 0 Å². The van der Waals surface area contributed by atoms with E-state index in [1.807, 2.05) is 0 Å². The van der Waals surface area contributed by atoms with E-state index in [0.717, 1.165) is 5.25 Å². The Bertz CT molecular complexity index is 388. The lowest BCUT2D eigenvalue weighted by molar-refractivity contribution is 0.513. The van der Waals surface area contributed by atoms with Gasteiger partial charge < -0.3 is 0 Å². The highest BCUT2D eigenvalue weighted by Gasteiger charge is 2.35. The van der Waals surface area contributed by atoms with Crippen molar-refractivity contribution in [2.75, 3.05) is 5.75 Å². The number of hydrogen-bond acceptors (Lipinski definition) is 0. The molecule has 84 valence electrons. The predicted octanol–water partition coefficient (Wildman–Crippen LogP) is 4.02. The minimum Gasteiger partial charge on any atom is -0.0613 e. The predicted molar refractivity (Wildman–Crippen MR) is 72.8 cm³/mol. The van der Waals surface area contributed by atoms with Crippen molar-refractivity contribution in [1.29, 1.82) is 0 Å². The summed E-state index contributed by atoms with van der Waals surface area (Å²) in [4.78, 5) is 1.64. The van der Waals surface area contributed by atoms with Gasteiger partial charge in [0, 0.05) is 16.5 Å². The van der Waals surface area contributed by atoms with Crippen molar-refractivity contribution in [3.05, 3.63) is 35.9 Å². The van der Waals surface area contributed by atoms with E-state index in [4.69, 9.17) is 0 Å². The van der Waals surface area contributed by atoms with Crippen LogP contribution in [0.15, 0.2) is 35.2 Å². The van der Waals surface area contributed by atoms with Gasteiger partial charge in [-0.3, -0.25) is 0 Å². The topological polar surface area (TPSA) is 0 Å². The molecule has 1 atom stereocenters. The molecule has 1 heterocycles. The van der Waals surface area contributed by atoms with Gasteiger partial charge in [0.2, 0.25) is 0 Å². The van der Waals surface area contributed by atoms with Gasteiger partial charge in [-0.2, -0.15) is 0 Å². The van der Waals surface area contributed by atoms with E-state index in [9.17, 15) is 0 Å². The van der Waals surface area contributed by atoms with E-state index >= 15 is 0 Å². The minimum absolute atomic E-state index is 0.507. The van der Waals surface area contributed by atoms with Crippen molar-refractivity contribution in [2.24, 2.45) is 0 Å². The van der Waals surface area contributed by atoms with Crippen molar-refractivity contribution in [2.45, 2.75) is 42.2 Å². The SMILES string of the molecule is C1=Cc2ccccc2[S+](C2CCCCC2)C1. The van der Waals surface area contributed by atoms with Gasteiger partial charge in [0.05, 0.1) is 0 Å². The Morgan fingerprint density at radius 3 is 2.69 bits per heavy atom. The summed E-state index contributed by atoms with van der Waals surface area (Å²) < 4.78 is 0. The molecule has 0 spiro atoms. The van der Waals surface area contributed by atoms with Crippen LogP contribution >= 0.6 is 0 Å². The highest BCUT2D eigenvalue weighted by atomic mass is 32.2. The quantitative estimate of drug-likeness (QED) is 0.640. The second kappa shape index (κ2) is 4.67. The highest BCUT2D eigenvalue weighted by molar-refractivity contribution is 7.97. The third-order valence-corrected chi connectivity index (χ3v) is 6.49. The van der Waals surface area contributed by atoms with Gasteiger partial charge in [0.25, 0.3) is 0 Å². The van der Waals surface area contributed by atoms with Crippen LogP contribution in [-0.4, -0.2) is 11.0 Å². The first-order valence-corrected chi connectivity index (χ1v) is 7.86. The molecule has 1 saturated carbocycles. The molecule has 2 aliphatic rings. The molecule has 1 heteroatoms. The second-order valence-electron chi connectivity index (χ2n) is 4.80. The van der Waals surface area contributed by atoms with E-state index in [0.29, 0.717) is 10.9 Å². The summed E-state index contributed by atoms with van der Waals surface area (Å²) in [7, 11) is 0.507. The fraction of sp³-hybridized carbons (Fsp3) is 0.467. The zero-order valence-electron chi connectivity index (χ0n) is 9.69. The Labute approximate surface area is 101 Å². The van der Waals surface area contributed by atoms with Gasteiger partial charge in [-0.15, -0.1) is 0 Å². The molecule has 1 aliphatic carbocycles. The van der Waals surface area contributed by atoms with Gasteiger partial charge in [-0.25, -0.2) is 0 Å². The maximum Gasteiger partial charge on any atom is 0.162 e. The van der Waals surface area contributed by atoms with Crippen molar-refractivity contribution >= 4 is 17.0 Å². The van der Waals surface area contributed by atoms with Gasteiger partial charge in [0.15, 0.2) is 4.90 Å². The minimum atomic E-state index is 0.507. The summed E-state index contributed by atoms with van der Waals surface area (Å²) in [6.45, 7) is 0. The summed E-state index contributed by atoms with van der Waals surface area (Å²) in [6.07, 6.45) is 12.0. The molecule has 0 nitrogen and oxygen atoms in total. The van der Waals surface area contributed by atoms with Crippen LogP contribution in [0.3, 0.4) is 0 Å². The number of fused-ring (bicyclic) bond motifs is 1. The molecule has 0 amide bonds. The highest BCUT2D eigenvalue weighted by Crippen LogP contribution is 2.34. The fourth-order valence-electron chi connectivity index (χ4n) is 2.89. The van der Waals surface area contributed by atoms with Crippen molar-refractivity contribution in [1.82, 2.24) is 0 Å². The summed E-state index contributed by atoms with van der Waals surface area (Å²) in [5.41, 5.74) is 1.47. The third kappa shape index (κ3) is 1.93. The fourth-order valence-corrected chi connectivity index (χ4v) is 5.60. The summed E-state index contributed by atoms with van der Waals surface area (Å²) >= 11 is 0. The second-order valence-corrected chi connectivity index (χ2v) is 7.09. The smallest absolute Gasteiger partial charge is 0.0613 e. The molecule has 0 N–H and O–H groups in total. The maximum absolute atomic E-state index is 2.39.